The average molecular weight is 268 g/mol. The Labute approximate surface area is 116 Å². The van der Waals surface area contributed by atoms with Crippen molar-refractivity contribution in [1.29, 1.82) is 15.9 Å². The van der Waals surface area contributed by atoms with E-state index in [9.17, 15) is 10.5 Å². The molecule has 0 amide bonds. The molecule has 0 aliphatic carbocycles. The summed E-state index contributed by atoms with van der Waals surface area (Å²) < 4.78 is 0. The minimum Gasteiger partial charge on any atom is -0.392 e. The van der Waals surface area contributed by atoms with Crippen LogP contribution in [-0.4, -0.2) is 5.04 Å². The Hall–Kier alpha value is -2.24. The van der Waals surface area contributed by atoms with E-state index in [1.165, 1.54) is 0 Å². The maximum atomic E-state index is 9.29. The van der Waals surface area contributed by atoms with Crippen molar-refractivity contribution in [3.63, 3.8) is 0 Å². The molecule has 94 valence electrons. The van der Waals surface area contributed by atoms with Crippen LogP contribution in [0, 0.1) is 40.9 Å². The van der Waals surface area contributed by atoms with Crippen molar-refractivity contribution < 1.29 is 0 Å². The first-order valence-electron chi connectivity index (χ1n) is 5.70. The van der Waals surface area contributed by atoms with Crippen molar-refractivity contribution in [3.8, 4) is 12.1 Å². The molecule has 2 atom stereocenters. The highest BCUT2D eigenvalue weighted by molar-refractivity contribution is 8.17. The van der Waals surface area contributed by atoms with Gasteiger partial charge in [-0.3, -0.25) is 5.41 Å². The maximum absolute atomic E-state index is 9.29. The number of benzene rings is 1. The van der Waals surface area contributed by atoms with E-state index >= 15 is 0 Å². The average Bonchev–Trinajstić information content (AvgIpc) is 2.38. The molecule has 0 saturated heterocycles. The first-order chi connectivity index (χ1) is 9.08. The van der Waals surface area contributed by atoms with Crippen LogP contribution in [0.15, 0.2) is 34.9 Å². The van der Waals surface area contributed by atoms with Gasteiger partial charge in [-0.15, -0.1) is 0 Å². The van der Waals surface area contributed by atoms with Gasteiger partial charge in [0.15, 0.2) is 0 Å². The molecule has 0 unspecified atom stereocenters. The zero-order chi connectivity index (χ0) is 14.0. The van der Waals surface area contributed by atoms with Gasteiger partial charge in [0.25, 0.3) is 0 Å². The Morgan fingerprint density at radius 3 is 2.68 bits per heavy atom. The van der Waals surface area contributed by atoms with Gasteiger partial charge < -0.3 is 5.73 Å². The smallest absolute Gasteiger partial charge is 0.106 e. The molecule has 1 aromatic rings. The van der Waals surface area contributed by atoms with E-state index in [1.807, 2.05) is 31.2 Å². The quantitative estimate of drug-likeness (QED) is 0.818. The van der Waals surface area contributed by atoms with Crippen LogP contribution >= 0.6 is 11.8 Å². The molecule has 0 saturated carbocycles. The van der Waals surface area contributed by atoms with Crippen LogP contribution in [0.5, 0.6) is 0 Å². The van der Waals surface area contributed by atoms with Gasteiger partial charge in [0.05, 0.1) is 27.8 Å². The summed E-state index contributed by atoms with van der Waals surface area (Å²) >= 11 is 1.00. The topological polar surface area (TPSA) is 97.4 Å². The highest BCUT2D eigenvalue weighted by Gasteiger charge is 2.36. The Kier molecular flexibility index (Phi) is 3.59. The minimum atomic E-state index is -0.645. The van der Waals surface area contributed by atoms with Gasteiger partial charge in [0.2, 0.25) is 0 Å². The Balaban J connectivity index is 2.62. The lowest BCUT2D eigenvalue weighted by Crippen LogP contribution is -2.26. The van der Waals surface area contributed by atoms with Crippen LogP contribution in [0.4, 0.5) is 0 Å². The molecule has 0 bridgehead atoms. The second-order valence-corrected chi connectivity index (χ2v) is 5.44. The molecule has 0 fully saturated rings. The molecular formula is C14H12N4S. The molecule has 2 rings (SSSR count). The van der Waals surface area contributed by atoms with Crippen LogP contribution in [0.25, 0.3) is 0 Å². The van der Waals surface area contributed by atoms with E-state index in [0.717, 1.165) is 22.9 Å². The normalized spacial score (nSPS) is 22.8. The predicted octanol–water partition coefficient (Wildman–Crippen LogP) is 2.64. The molecule has 1 aliphatic heterocycles. The number of aryl methyl sites for hydroxylation is 1. The number of hydrogen-bond acceptors (Lipinski definition) is 5. The van der Waals surface area contributed by atoms with Crippen molar-refractivity contribution in [2.75, 3.05) is 0 Å². The van der Waals surface area contributed by atoms with E-state index in [0.29, 0.717) is 10.6 Å². The van der Waals surface area contributed by atoms with Gasteiger partial charge in [0, 0.05) is 5.92 Å². The number of nitrogens with one attached hydrogen (secondary N) is 1. The third kappa shape index (κ3) is 2.33. The molecular weight excluding hydrogens is 256 g/mol. The van der Waals surface area contributed by atoms with Crippen molar-refractivity contribution in [2.24, 2.45) is 11.7 Å². The van der Waals surface area contributed by atoms with Crippen LogP contribution in [-0.2, 0) is 0 Å². The minimum absolute atomic E-state index is 0.200. The number of hydrogen-bond donors (Lipinski definition) is 2. The Morgan fingerprint density at radius 2 is 2.11 bits per heavy atom. The molecule has 1 heterocycles. The van der Waals surface area contributed by atoms with Gasteiger partial charge in [0.1, 0.15) is 5.92 Å². The summed E-state index contributed by atoms with van der Waals surface area (Å²) in [6, 6.07) is 11.9. The Morgan fingerprint density at radius 1 is 1.37 bits per heavy atom. The van der Waals surface area contributed by atoms with Gasteiger partial charge in [-0.2, -0.15) is 10.5 Å². The molecule has 3 N–H and O–H groups in total. The summed E-state index contributed by atoms with van der Waals surface area (Å²) in [5, 5.41) is 27.0. The second kappa shape index (κ2) is 5.17. The third-order valence-corrected chi connectivity index (χ3v) is 3.99. The lowest BCUT2D eigenvalue weighted by molar-refractivity contribution is 0.728. The van der Waals surface area contributed by atoms with E-state index in [1.54, 1.807) is 0 Å². The monoisotopic (exact) mass is 268 g/mol. The van der Waals surface area contributed by atoms with E-state index < -0.39 is 11.8 Å². The molecule has 19 heavy (non-hydrogen) atoms. The van der Waals surface area contributed by atoms with Crippen LogP contribution in [0.1, 0.15) is 17.0 Å². The number of nitrogens with zero attached hydrogens (tertiary/aromatic N) is 2. The van der Waals surface area contributed by atoms with Gasteiger partial charge >= 0.3 is 0 Å². The van der Waals surface area contributed by atoms with Crippen LogP contribution in [0.2, 0.25) is 0 Å². The Bertz CT molecular complexity index is 648. The predicted molar refractivity (Wildman–Crippen MR) is 75.2 cm³/mol. The molecule has 4 nitrogen and oxygen atoms in total. The zero-order valence-electron chi connectivity index (χ0n) is 10.3. The lowest BCUT2D eigenvalue weighted by Gasteiger charge is -2.27. The standard InChI is InChI=1S/C14H12N4S/c1-8-3-2-4-9(5-8)12-10(6-15)13(17)19-14(18)11(12)7-16/h2-5,10,12,17H,18H2,1H3/t10-,12+/m0/s1. The molecule has 0 spiro atoms. The molecule has 1 aliphatic rings. The van der Waals surface area contributed by atoms with E-state index in [4.69, 9.17) is 11.1 Å². The van der Waals surface area contributed by atoms with Crippen molar-refractivity contribution in [1.82, 2.24) is 0 Å². The third-order valence-electron chi connectivity index (χ3n) is 3.07. The molecule has 0 radical (unpaired) electrons. The first kappa shape index (κ1) is 13.2. The van der Waals surface area contributed by atoms with Crippen molar-refractivity contribution in [3.05, 3.63) is 46.0 Å². The molecule has 0 aromatic heterocycles. The van der Waals surface area contributed by atoms with Gasteiger partial charge in [-0.25, -0.2) is 0 Å². The SMILES string of the molecule is Cc1cccc([C@H]2C(C#N)=C(N)SC(=N)[C@H]2C#N)c1. The summed E-state index contributed by atoms with van der Waals surface area (Å²) in [5.41, 5.74) is 8.13. The van der Waals surface area contributed by atoms with Gasteiger partial charge in [-0.1, -0.05) is 41.6 Å². The summed E-state index contributed by atoms with van der Waals surface area (Å²) in [4.78, 5) is 0. The summed E-state index contributed by atoms with van der Waals surface area (Å²) in [5.74, 6) is -1.09. The fourth-order valence-corrected chi connectivity index (χ4v) is 3.02. The number of allylic oxidation sites excluding steroid dienone is 1. The van der Waals surface area contributed by atoms with E-state index in [2.05, 4.69) is 12.1 Å². The van der Waals surface area contributed by atoms with Crippen LogP contribution < -0.4 is 5.73 Å². The summed E-state index contributed by atoms with van der Waals surface area (Å²) in [7, 11) is 0. The number of rotatable bonds is 1. The highest BCUT2D eigenvalue weighted by atomic mass is 32.2. The maximum Gasteiger partial charge on any atom is 0.106 e. The number of nitriles is 2. The van der Waals surface area contributed by atoms with Gasteiger partial charge in [-0.05, 0) is 12.5 Å². The highest BCUT2D eigenvalue weighted by Crippen LogP contribution is 2.42. The molecule has 1 aromatic carbocycles. The summed E-state index contributed by atoms with van der Waals surface area (Å²) in [6.45, 7) is 1.95. The second-order valence-electron chi connectivity index (χ2n) is 4.35. The zero-order valence-corrected chi connectivity index (χ0v) is 11.2. The van der Waals surface area contributed by atoms with Crippen LogP contribution in [0.3, 0.4) is 0 Å². The fraction of sp³-hybridized carbons (Fsp3) is 0.214. The first-order valence-corrected chi connectivity index (χ1v) is 6.52. The summed E-state index contributed by atoms with van der Waals surface area (Å²) in [6.07, 6.45) is 0. The van der Waals surface area contributed by atoms with E-state index in [-0.39, 0.29) is 5.04 Å². The fourth-order valence-electron chi connectivity index (χ4n) is 2.19. The molecule has 5 heteroatoms. The number of thioether (sulfide) groups is 1. The van der Waals surface area contributed by atoms with Crippen molar-refractivity contribution >= 4 is 16.8 Å². The number of nitrogens with two attached hydrogens (primary N) is 1. The lowest BCUT2D eigenvalue weighted by atomic mass is 9.81. The van der Waals surface area contributed by atoms with Crippen molar-refractivity contribution in [2.45, 2.75) is 12.8 Å². The largest absolute Gasteiger partial charge is 0.392 e.